The topological polar surface area (TPSA) is 20.2 Å². The molecule has 0 spiro atoms. The molecule has 0 aromatic heterocycles. The number of hydrogen-bond donors (Lipinski definition) is 1. The summed E-state index contributed by atoms with van der Waals surface area (Å²) in [5.41, 5.74) is 0.863. The van der Waals surface area contributed by atoms with Crippen LogP contribution in [0.4, 0.5) is 0 Å². The van der Waals surface area contributed by atoms with Gasteiger partial charge in [-0.05, 0) is 17.7 Å². The highest BCUT2D eigenvalue weighted by atomic mass is 35.5. The van der Waals surface area contributed by atoms with Gasteiger partial charge in [-0.15, -0.1) is 11.8 Å². The Hall–Kier alpha value is -0.960. The van der Waals surface area contributed by atoms with Crippen LogP contribution in [-0.2, 0) is 5.41 Å². The second kappa shape index (κ2) is 6.66. The fourth-order valence-electron chi connectivity index (χ4n) is 2.00. The molecule has 1 nitrogen and oxygen atoms in total. The number of halogens is 1. The SMILES string of the molecule is CC(C)(c1ccccc1)C(O)CSc1ccccc1Cl. The van der Waals surface area contributed by atoms with Gasteiger partial charge in [-0.1, -0.05) is 67.9 Å². The second-order valence-electron chi connectivity index (χ2n) is 5.34. The molecule has 0 saturated heterocycles. The van der Waals surface area contributed by atoms with E-state index in [9.17, 15) is 5.11 Å². The zero-order valence-electron chi connectivity index (χ0n) is 11.7. The quantitative estimate of drug-likeness (QED) is 0.803. The highest BCUT2D eigenvalue weighted by molar-refractivity contribution is 7.99. The van der Waals surface area contributed by atoms with Crippen LogP contribution in [0.3, 0.4) is 0 Å². The highest BCUT2D eigenvalue weighted by Gasteiger charge is 2.29. The first-order chi connectivity index (χ1) is 9.51. The van der Waals surface area contributed by atoms with Gasteiger partial charge in [-0.3, -0.25) is 0 Å². The van der Waals surface area contributed by atoms with Crippen molar-refractivity contribution < 1.29 is 5.11 Å². The minimum Gasteiger partial charge on any atom is -0.391 e. The van der Waals surface area contributed by atoms with Gasteiger partial charge in [0, 0.05) is 16.1 Å². The molecule has 1 unspecified atom stereocenters. The maximum absolute atomic E-state index is 10.5. The normalized spacial score (nSPS) is 13.2. The summed E-state index contributed by atoms with van der Waals surface area (Å²) in [4.78, 5) is 1.01. The summed E-state index contributed by atoms with van der Waals surface area (Å²) < 4.78 is 0. The Morgan fingerprint density at radius 3 is 2.30 bits per heavy atom. The molecule has 1 atom stereocenters. The van der Waals surface area contributed by atoms with Gasteiger partial charge in [-0.2, -0.15) is 0 Å². The molecule has 0 aliphatic carbocycles. The monoisotopic (exact) mass is 306 g/mol. The van der Waals surface area contributed by atoms with Gasteiger partial charge in [0.1, 0.15) is 0 Å². The van der Waals surface area contributed by atoms with Crippen molar-refractivity contribution in [2.24, 2.45) is 0 Å². The van der Waals surface area contributed by atoms with Crippen LogP contribution in [0.5, 0.6) is 0 Å². The summed E-state index contributed by atoms with van der Waals surface area (Å²) >= 11 is 7.73. The molecule has 0 amide bonds. The van der Waals surface area contributed by atoms with Gasteiger partial charge in [0.25, 0.3) is 0 Å². The van der Waals surface area contributed by atoms with E-state index in [1.165, 1.54) is 0 Å². The minimum absolute atomic E-state index is 0.282. The molecular formula is C17H19ClOS. The van der Waals surface area contributed by atoms with E-state index in [1.54, 1.807) is 11.8 Å². The molecule has 106 valence electrons. The molecule has 2 aromatic rings. The minimum atomic E-state index is -0.439. The van der Waals surface area contributed by atoms with Crippen LogP contribution in [0.2, 0.25) is 5.02 Å². The number of thioether (sulfide) groups is 1. The standard InChI is InChI=1S/C17H19ClOS/c1-17(2,13-8-4-3-5-9-13)16(19)12-20-15-11-7-6-10-14(15)18/h3-11,16,19H,12H2,1-2H3. The Morgan fingerprint density at radius 2 is 1.65 bits per heavy atom. The molecular weight excluding hydrogens is 288 g/mol. The van der Waals surface area contributed by atoms with Crippen molar-refractivity contribution >= 4 is 23.4 Å². The van der Waals surface area contributed by atoms with Crippen molar-refractivity contribution in [1.82, 2.24) is 0 Å². The molecule has 3 heteroatoms. The zero-order valence-corrected chi connectivity index (χ0v) is 13.3. The maximum Gasteiger partial charge on any atom is 0.0725 e. The summed E-state index contributed by atoms with van der Waals surface area (Å²) in [5.74, 6) is 0.617. The van der Waals surface area contributed by atoms with Crippen molar-refractivity contribution in [3.05, 3.63) is 65.2 Å². The Balaban J connectivity index is 2.05. The van der Waals surface area contributed by atoms with E-state index in [4.69, 9.17) is 11.6 Å². The maximum atomic E-state index is 10.5. The molecule has 0 saturated carbocycles. The smallest absolute Gasteiger partial charge is 0.0725 e. The molecule has 0 bridgehead atoms. The first-order valence-electron chi connectivity index (χ1n) is 6.62. The zero-order chi connectivity index (χ0) is 14.6. The molecule has 0 aliphatic heterocycles. The van der Waals surface area contributed by atoms with Crippen molar-refractivity contribution in [3.63, 3.8) is 0 Å². The lowest BCUT2D eigenvalue weighted by atomic mass is 9.80. The third-order valence-corrected chi connectivity index (χ3v) is 5.18. The Kier molecular flexibility index (Phi) is 5.14. The fraction of sp³-hybridized carbons (Fsp3) is 0.294. The molecule has 2 aromatic carbocycles. The average molecular weight is 307 g/mol. The highest BCUT2D eigenvalue weighted by Crippen LogP contribution is 2.33. The van der Waals surface area contributed by atoms with Crippen LogP contribution < -0.4 is 0 Å². The number of rotatable bonds is 5. The lowest BCUT2D eigenvalue weighted by Gasteiger charge is -2.31. The van der Waals surface area contributed by atoms with E-state index in [2.05, 4.69) is 26.0 Å². The third-order valence-electron chi connectivity index (χ3n) is 3.58. The number of aliphatic hydroxyl groups excluding tert-OH is 1. The van der Waals surface area contributed by atoms with Gasteiger partial charge in [0.05, 0.1) is 11.1 Å². The van der Waals surface area contributed by atoms with Crippen LogP contribution in [0.1, 0.15) is 19.4 Å². The van der Waals surface area contributed by atoms with Crippen molar-refractivity contribution in [2.45, 2.75) is 30.3 Å². The van der Waals surface area contributed by atoms with Crippen LogP contribution in [0.15, 0.2) is 59.5 Å². The summed E-state index contributed by atoms with van der Waals surface area (Å²) in [6.07, 6.45) is -0.439. The lowest BCUT2D eigenvalue weighted by Crippen LogP contribution is -2.35. The van der Waals surface area contributed by atoms with Gasteiger partial charge < -0.3 is 5.11 Å². The van der Waals surface area contributed by atoms with Crippen LogP contribution >= 0.6 is 23.4 Å². The summed E-state index contributed by atoms with van der Waals surface area (Å²) in [5, 5.41) is 11.3. The molecule has 0 aliphatic rings. The van der Waals surface area contributed by atoms with Gasteiger partial charge in [0.15, 0.2) is 0 Å². The lowest BCUT2D eigenvalue weighted by molar-refractivity contribution is 0.122. The molecule has 0 heterocycles. The average Bonchev–Trinajstić information content (AvgIpc) is 2.47. The van der Waals surface area contributed by atoms with Crippen LogP contribution in [0, 0.1) is 0 Å². The Labute approximate surface area is 130 Å². The first-order valence-corrected chi connectivity index (χ1v) is 7.99. The van der Waals surface area contributed by atoms with E-state index >= 15 is 0 Å². The van der Waals surface area contributed by atoms with Crippen molar-refractivity contribution in [2.75, 3.05) is 5.75 Å². The van der Waals surface area contributed by atoms with Gasteiger partial charge in [0.2, 0.25) is 0 Å². The predicted molar refractivity (Wildman–Crippen MR) is 87.7 cm³/mol. The van der Waals surface area contributed by atoms with E-state index in [1.807, 2.05) is 42.5 Å². The molecule has 0 radical (unpaired) electrons. The summed E-state index contributed by atoms with van der Waals surface area (Å²) in [6.45, 7) is 4.14. The van der Waals surface area contributed by atoms with Gasteiger partial charge >= 0.3 is 0 Å². The number of hydrogen-bond acceptors (Lipinski definition) is 2. The first kappa shape index (κ1) is 15.4. The van der Waals surface area contributed by atoms with Crippen LogP contribution in [-0.4, -0.2) is 17.0 Å². The van der Waals surface area contributed by atoms with E-state index in [0.717, 1.165) is 15.5 Å². The second-order valence-corrected chi connectivity index (χ2v) is 6.81. The number of benzene rings is 2. The number of aliphatic hydroxyl groups is 1. The Bertz CT molecular complexity index is 554. The largest absolute Gasteiger partial charge is 0.391 e. The summed E-state index contributed by atoms with van der Waals surface area (Å²) in [7, 11) is 0. The van der Waals surface area contributed by atoms with Crippen molar-refractivity contribution in [1.29, 1.82) is 0 Å². The van der Waals surface area contributed by atoms with Crippen molar-refractivity contribution in [3.8, 4) is 0 Å². The molecule has 1 N–H and O–H groups in total. The summed E-state index contributed by atoms with van der Waals surface area (Å²) in [6, 6.07) is 17.8. The fourth-order valence-corrected chi connectivity index (χ4v) is 3.43. The predicted octanol–water partition coefficient (Wildman–Crippen LogP) is 4.77. The van der Waals surface area contributed by atoms with E-state index in [-0.39, 0.29) is 5.41 Å². The molecule has 0 fully saturated rings. The van der Waals surface area contributed by atoms with E-state index < -0.39 is 6.10 Å². The van der Waals surface area contributed by atoms with Gasteiger partial charge in [-0.25, -0.2) is 0 Å². The van der Waals surface area contributed by atoms with Crippen LogP contribution in [0.25, 0.3) is 0 Å². The third kappa shape index (κ3) is 3.57. The molecule has 20 heavy (non-hydrogen) atoms. The Morgan fingerprint density at radius 1 is 1.05 bits per heavy atom. The van der Waals surface area contributed by atoms with E-state index in [0.29, 0.717) is 5.75 Å². The molecule has 2 rings (SSSR count).